The van der Waals surface area contributed by atoms with Crippen molar-refractivity contribution in [1.82, 2.24) is 34.4 Å². The Morgan fingerprint density at radius 1 is 0.934 bits per heavy atom. The number of piperidine rings is 1. The fourth-order valence-corrected chi connectivity index (χ4v) is 11.9. The number of benzene rings is 2. The van der Waals surface area contributed by atoms with Gasteiger partial charge in [-0.1, -0.05) is 6.07 Å². The van der Waals surface area contributed by atoms with Gasteiger partial charge in [-0.05, 0) is 125 Å². The zero-order valence-electron chi connectivity index (χ0n) is 37.2. The van der Waals surface area contributed by atoms with Crippen LogP contribution in [-0.4, -0.2) is 125 Å². The Hall–Kier alpha value is -4.17. The molecule has 1 aliphatic carbocycles. The molecule has 2 N–H and O–H groups in total. The van der Waals surface area contributed by atoms with Crippen molar-refractivity contribution in [2.24, 2.45) is 12.5 Å². The molecule has 14 nitrogen and oxygen atoms in total. The summed E-state index contributed by atoms with van der Waals surface area (Å²) in [5.74, 6) is 1.62. The number of nitrogens with one attached hydrogen (secondary N) is 2. The van der Waals surface area contributed by atoms with Crippen molar-refractivity contribution in [2.45, 2.75) is 84.5 Å². The zero-order valence-corrected chi connectivity index (χ0v) is 39.7. The molecule has 3 aliphatic heterocycles. The van der Waals surface area contributed by atoms with Crippen LogP contribution >= 0.6 is 23.1 Å². The standard InChI is InChI=1S/C45H62BrN10O4P/c1-29-10-11-34(40(30(29)2)61(8,9)58)49-41-33(46)27-47-42(51-41)50-35-24-32(31-26-48-52(6)28-31)36(25-37(35)59-7)53-20-22-54(23-21-53)38-12-14-45(38)15-18-55(19-16-45)39-13-17-56(39)43(57)60-44(3,4)5/h10-11,24-28,38-39H,12-23H2,1-9H3,(H2,47,49,50,51). The summed E-state index contributed by atoms with van der Waals surface area (Å²) in [7, 11) is 1.02. The van der Waals surface area contributed by atoms with Gasteiger partial charge in [0, 0.05) is 99.5 Å². The second-order valence-electron chi connectivity index (χ2n) is 18.8. The fourth-order valence-electron chi connectivity index (χ4n) is 9.91. The number of hydrogen-bond acceptors (Lipinski definition) is 12. The predicted molar refractivity (Wildman–Crippen MR) is 248 cm³/mol. The average Bonchev–Trinajstić information content (AvgIpc) is 3.62. The van der Waals surface area contributed by atoms with Crippen molar-refractivity contribution in [2.75, 3.05) is 81.8 Å². The monoisotopic (exact) mass is 916 g/mol. The molecule has 2 unspecified atom stereocenters. The Kier molecular flexibility index (Phi) is 12.0. The van der Waals surface area contributed by atoms with Gasteiger partial charge in [-0.2, -0.15) is 10.1 Å². The molecule has 1 spiro atoms. The Morgan fingerprint density at radius 3 is 2.26 bits per heavy atom. The summed E-state index contributed by atoms with van der Waals surface area (Å²) in [6.07, 6.45) is 11.6. The number of ether oxygens (including phenoxy) is 2. The van der Waals surface area contributed by atoms with Crippen molar-refractivity contribution >= 4 is 63.3 Å². The Balaban J connectivity index is 0.968. The normalized spacial score (nSPS) is 20.9. The lowest BCUT2D eigenvalue weighted by Crippen LogP contribution is -2.66. The summed E-state index contributed by atoms with van der Waals surface area (Å²) in [5.41, 5.74) is 6.63. The number of carbonyl (C=O) groups is 1. The number of methoxy groups -OCH3 is 1. The lowest BCUT2D eigenvalue weighted by atomic mass is 9.58. The van der Waals surface area contributed by atoms with Crippen LogP contribution in [-0.2, 0) is 16.3 Å². The van der Waals surface area contributed by atoms with Crippen LogP contribution in [0, 0.1) is 19.3 Å². The molecule has 16 heteroatoms. The van der Waals surface area contributed by atoms with E-state index < -0.39 is 12.7 Å². The summed E-state index contributed by atoms with van der Waals surface area (Å²) in [5, 5.41) is 12.2. The first kappa shape index (κ1) is 43.5. The molecule has 0 bridgehead atoms. The SMILES string of the molecule is COc1cc(N2CCN(C3CCC34CCN(C3CCN3C(=O)OC(C)(C)C)CC4)CC2)c(-c2cnn(C)c2)cc1Nc1ncc(Br)c(Nc2ccc(C)c(C)c2P(C)(C)=O)n1. The molecule has 1 amide bonds. The highest BCUT2D eigenvalue weighted by Crippen LogP contribution is 2.53. The van der Waals surface area contributed by atoms with Crippen molar-refractivity contribution in [3.05, 3.63) is 58.5 Å². The number of amides is 1. The maximum absolute atomic E-state index is 13.4. The Morgan fingerprint density at radius 2 is 1.67 bits per heavy atom. The van der Waals surface area contributed by atoms with Crippen molar-refractivity contribution in [3.63, 3.8) is 0 Å². The highest BCUT2D eigenvalue weighted by molar-refractivity contribution is 9.10. The van der Waals surface area contributed by atoms with Gasteiger partial charge in [0.15, 0.2) is 0 Å². The molecular formula is C45H62BrN10O4P. The number of rotatable bonds is 10. The third-order valence-corrected chi connectivity index (χ3v) is 15.6. The molecule has 2 aromatic carbocycles. The van der Waals surface area contributed by atoms with Gasteiger partial charge in [-0.3, -0.25) is 19.4 Å². The topological polar surface area (TPSA) is 133 Å². The number of nitrogens with zero attached hydrogens (tertiary/aromatic N) is 8. The molecule has 61 heavy (non-hydrogen) atoms. The maximum Gasteiger partial charge on any atom is 0.411 e. The van der Waals surface area contributed by atoms with Crippen molar-refractivity contribution < 1.29 is 18.8 Å². The highest BCUT2D eigenvalue weighted by Gasteiger charge is 2.52. The molecule has 2 atom stereocenters. The fraction of sp³-hybridized carbons (Fsp3) is 0.556. The van der Waals surface area contributed by atoms with Crippen LogP contribution in [0.1, 0.15) is 64.0 Å². The summed E-state index contributed by atoms with van der Waals surface area (Å²) < 4.78 is 27.7. The largest absolute Gasteiger partial charge is 0.494 e. The molecule has 3 saturated heterocycles. The number of halogens is 1. The van der Waals surface area contributed by atoms with Gasteiger partial charge < -0.3 is 29.6 Å². The van der Waals surface area contributed by atoms with Gasteiger partial charge in [0.05, 0.1) is 35.3 Å². The molecule has 328 valence electrons. The van der Waals surface area contributed by atoms with Gasteiger partial charge in [0.2, 0.25) is 5.95 Å². The average molecular weight is 918 g/mol. The van der Waals surface area contributed by atoms with Gasteiger partial charge in [-0.25, -0.2) is 9.78 Å². The lowest BCUT2D eigenvalue weighted by Gasteiger charge is -2.60. The Labute approximate surface area is 369 Å². The minimum Gasteiger partial charge on any atom is -0.494 e. The van der Waals surface area contributed by atoms with Crippen molar-refractivity contribution in [1.29, 1.82) is 0 Å². The first-order valence-electron chi connectivity index (χ1n) is 21.6. The summed E-state index contributed by atoms with van der Waals surface area (Å²) in [4.78, 5) is 32.0. The Bertz CT molecular complexity index is 2330. The summed E-state index contributed by atoms with van der Waals surface area (Å²) >= 11 is 3.63. The molecule has 2 aromatic heterocycles. The number of aromatic nitrogens is 4. The van der Waals surface area contributed by atoms with E-state index in [1.54, 1.807) is 26.6 Å². The smallest absolute Gasteiger partial charge is 0.411 e. The van der Waals surface area contributed by atoms with E-state index >= 15 is 0 Å². The molecular weight excluding hydrogens is 855 g/mol. The number of hydrogen-bond donors (Lipinski definition) is 2. The maximum atomic E-state index is 13.4. The van der Waals surface area contributed by atoms with Crippen LogP contribution in [0.5, 0.6) is 5.75 Å². The molecule has 4 fully saturated rings. The molecule has 4 aromatic rings. The van der Waals surface area contributed by atoms with E-state index in [0.717, 1.165) is 96.9 Å². The second-order valence-corrected chi connectivity index (χ2v) is 22.8. The van der Waals surface area contributed by atoms with Crippen molar-refractivity contribution in [3.8, 4) is 16.9 Å². The quantitative estimate of drug-likeness (QED) is 0.148. The van der Waals surface area contributed by atoms with E-state index in [0.29, 0.717) is 33.4 Å². The van der Waals surface area contributed by atoms with Crippen LogP contribution in [0.2, 0.25) is 0 Å². The van der Waals surface area contributed by atoms with Crippen LogP contribution < -0.4 is 25.6 Å². The van der Waals surface area contributed by atoms with E-state index in [4.69, 9.17) is 14.5 Å². The minimum atomic E-state index is -2.61. The van der Waals surface area contributed by atoms with E-state index in [9.17, 15) is 9.36 Å². The van der Waals surface area contributed by atoms with Crippen LogP contribution in [0.25, 0.3) is 11.1 Å². The molecule has 0 radical (unpaired) electrons. The van der Waals surface area contributed by atoms with Crippen LogP contribution in [0.3, 0.4) is 0 Å². The van der Waals surface area contributed by atoms with Crippen LogP contribution in [0.15, 0.2) is 47.3 Å². The van der Waals surface area contributed by atoms with E-state index in [1.807, 2.05) is 75.8 Å². The zero-order chi connectivity index (χ0) is 43.4. The van der Waals surface area contributed by atoms with Gasteiger partial charge in [0.1, 0.15) is 24.3 Å². The highest BCUT2D eigenvalue weighted by atomic mass is 79.9. The van der Waals surface area contributed by atoms with Gasteiger partial charge in [0.25, 0.3) is 0 Å². The van der Waals surface area contributed by atoms with Crippen LogP contribution in [0.4, 0.5) is 33.6 Å². The molecule has 4 aliphatic rings. The third-order valence-electron chi connectivity index (χ3n) is 13.4. The second kappa shape index (κ2) is 16.8. The van der Waals surface area contributed by atoms with Gasteiger partial charge in [-0.15, -0.1) is 0 Å². The molecule has 1 saturated carbocycles. The summed E-state index contributed by atoms with van der Waals surface area (Å²) in [6, 6.07) is 8.84. The summed E-state index contributed by atoms with van der Waals surface area (Å²) in [6.45, 7) is 20.1. The molecule has 8 rings (SSSR count). The minimum absolute atomic E-state index is 0.167. The van der Waals surface area contributed by atoms with E-state index in [1.165, 1.54) is 25.7 Å². The third kappa shape index (κ3) is 8.90. The lowest BCUT2D eigenvalue weighted by molar-refractivity contribution is -0.108. The first-order chi connectivity index (χ1) is 28.9. The number of anilines is 5. The number of likely N-dealkylation sites (tertiary alicyclic amines) is 2. The first-order valence-corrected chi connectivity index (χ1v) is 25.0. The number of aryl methyl sites for hydroxylation is 2. The van der Waals surface area contributed by atoms with Gasteiger partial charge >= 0.3 is 6.09 Å². The molecule has 5 heterocycles. The number of carbonyl (C=O) groups excluding carboxylic acids is 1. The predicted octanol–water partition coefficient (Wildman–Crippen LogP) is 8.33. The van der Waals surface area contributed by atoms with E-state index in [-0.39, 0.29) is 12.3 Å². The van der Waals surface area contributed by atoms with E-state index in [2.05, 4.69) is 63.5 Å². The number of piperazine rings is 1.